The van der Waals surface area contributed by atoms with Crippen LogP contribution in [-0.2, 0) is 11.3 Å². The molecular weight excluding hydrogens is 434 g/mol. The Morgan fingerprint density at radius 2 is 1.79 bits per heavy atom. The van der Waals surface area contributed by atoms with Crippen molar-refractivity contribution in [1.82, 2.24) is 15.1 Å². The Labute approximate surface area is 176 Å². The summed E-state index contributed by atoms with van der Waals surface area (Å²) in [6, 6.07) is 21.3. The molecule has 1 heterocycles. The van der Waals surface area contributed by atoms with E-state index in [4.69, 9.17) is 9.15 Å². The third kappa shape index (κ3) is 4.30. The molecular formula is C22H18BrN3O3. The van der Waals surface area contributed by atoms with Crippen molar-refractivity contribution in [3.63, 3.8) is 0 Å². The Balaban J connectivity index is 1.38. The van der Waals surface area contributed by atoms with Crippen molar-refractivity contribution < 1.29 is 13.9 Å². The summed E-state index contributed by atoms with van der Waals surface area (Å²) in [4.78, 5) is 14.0. The molecule has 1 amide bonds. The number of hydrogen-bond acceptors (Lipinski definition) is 5. The van der Waals surface area contributed by atoms with Crippen LogP contribution in [0.15, 0.2) is 75.6 Å². The molecule has 4 rings (SSSR count). The van der Waals surface area contributed by atoms with Gasteiger partial charge in [0.05, 0.1) is 11.0 Å². The second-order valence-corrected chi connectivity index (χ2v) is 7.30. The van der Waals surface area contributed by atoms with Gasteiger partial charge in [-0.1, -0.05) is 48.5 Å². The van der Waals surface area contributed by atoms with Crippen LogP contribution in [-0.4, -0.2) is 34.7 Å². The number of likely N-dealkylation sites (N-methyl/N-ethyl adjacent to an activating group) is 1. The second kappa shape index (κ2) is 8.45. The number of halogens is 1. The minimum atomic E-state index is -0.190. The van der Waals surface area contributed by atoms with Crippen molar-refractivity contribution in [2.24, 2.45) is 0 Å². The summed E-state index contributed by atoms with van der Waals surface area (Å²) in [7, 11) is 1.67. The topological polar surface area (TPSA) is 68.5 Å². The molecule has 0 radical (unpaired) electrons. The first-order valence-corrected chi connectivity index (χ1v) is 9.83. The van der Waals surface area contributed by atoms with Gasteiger partial charge in [0.1, 0.15) is 5.75 Å². The van der Waals surface area contributed by atoms with Crippen LogP contribution in [0.5, 0.6) is 5.75 Å². The van der Waals surface area contributed by atoms with Gasteiger partial charge >= 0.3 is 0 Å². The van der Waals surface area contributed by atoms with E-state index in [1.54, 1.807) is 7.05 Å². The molecule has 4 aromatic rings. The van der Waals surface area contributed by atoms with Crippen LogP contribution in [0.3, 0.4) is 0 Å². The van der Waals surface area contributed by atoms with E-state index in [0.29, 0.717) is 17.5 Å². The Morgan fingerprint density at radius 3 is 2.62 bits per heavy atom. The molecule has 7 heteroatoms. The van der Waals surface area contributed by atoms with Gasteiger partial charge in [-0.25, -0.2) is 0 Å². The predicted octanol–water partition coefficient (Wildman–Crippen LogP) is 4.69. The second-order valence-electron chi connectivity index (χ2n) is 6.50. The van der Waals surface area contributed by atoms with E-state index < -0.39 is 0 Å². The highest BCUT2D eigenvalue weighted by molar-refractivity contribution is 9.10. The number of benzene rings is 3. The predicted molar refractivity (Wildman–Crippen MR) is 113 cm³/mol. The van der Waals surface area contributed by atoms with Crippen LogP contribution < -0.4 is 4.74 Å². The summed E-state index contributed by atoms with van der Waals surface area (Å²) in [5.41, 5.74) is 0.838. The molecule has 0 saturated carbocycles. The number of nitrogens with zero attached hydrogens (tertiary/aromatic N) is 3. The molecule has 6 nitrogen and oxygen atoms in total. The molecule has 0 fully saturated rings. The molecule has 0 N–H and O–H groups in total. The molecule has 0 aliphatic heterocycles. The summed E-state index contributed by atoms with van der Waals surface area (Å²) < 4.78 is 12.2. The monoisotopic (exact) mass is 451 g/mol. The van der Waals surface area contributed by atoms with Crippen LogP contribution >= 0.6 is 15.9 Å². The maximum Gasteiger partial charge on any atom is 0.260 e. The molecule has 0 bridgehead atoms. The number of carbonyl (C=O) groups excluding carboxylic acids is 1. The first-order chi connectivity index (χ1) is 14.1. The average molecular weight is 452 g/mol. The molecule has 146 valence electrons. The van der Waals surface area contributed by atoms with Crippen molar-refractivity contribution in [3.05, 3.63) is 77.1 Å². The maximum absolute atomic E-state index is 12.5. The van der Waals surface area contributed by atoms with E-state index in [1.807, 2.05) is 66.7 Å². The van der Waals surface area contributed by atoms with Gasteiger partial charge < -0.3 is 14.1 Å². The van der Waals surface area contributed by atoms with Crippen molar-refractivity contribution in [1.29, 1.82) is 0 Å². The van der Waals surface area contributed by atoms with Gasteiger partial charge in [-0.2, -0.15) is 0 Å². The molecule has 29 heavy (non-hydrogen) atoms. The number of carbonyl (C=O) groups is 1. The smallest absolute Gasteiger partial charge is 0.260 e. The fourth-order valence-corrected chi connectivity index (χ4v) is 3.49. The molecule has 0 aliphatic carbocycles. The molecule has 3 aromatic carbocycles. The molecule has 0 unspecified atom stereocenters. The molecule has 1 aromatic heterocycles. The van der Waals surface area contributed by atoms with E-state index in [0.717, 1.165) is 20.8 Å². The van der Waals surface area contributed by atoms with Gasteiger partial charge in [0.25, 0.3) is 5.91 Å². The first-order valence-electron chi connectivity index (χ1n) is 9.03. The zero-order valence-corrected chi connectivity index (χ0v) is 17.3. The fourth-order valence-electron chi connectivity index (χ4n) is 2.88. The van der Waals surface area contributed by atoms with Crippen LogP contribution in [0.2, 0.25) is 0 Å². The Bertz CT molecular complexity index is 1140. The number of hydrogen-bond donors (Lipinski definition) is 0. The zero-order valence-electron chi connectivity index (χ0n) is 15.7. The molecule has 0 atom stereocenters. The lowest BCUT2D eigenvalue weighted by Gasteiger charge is -2.16. The van der Waals surface area contributed by atoms with Gasteiger partial charge in [-0.05, 0) is 44.9 Å². The molecule has 0 aliphatic rings. The van der Waals surface area contributed by atoms with E-state index in [1.165, 1.54) is 4.90 Å². The van der Waals surface area contributed by atoms with Crippen molar-refractivity contribution >= 4 is 32.6 Å². The minimum Gasteiger partial charge on any atom is -0.483 e. The summed E-state index contributed by atoms with van der Waals surface area (Å²) in [5, 5.41) is 10.2. The van der Waals surface area contributed by atoms with E-state index >= 15 is 0 Å². The largest absolute Gasteiger partial charge is 0.483 e. The van der Waals surface area contributed by atoms with Crippen LogP contribution in [0.25, 0.3) is 22.2 Å². The van der Waals surface area contributed by atoms with Crippen LogP contribution in [0.1, 0.15) is 5.89 Å². The van der Waals surface area contributed by atoms with Gasteiger partial charge in [0.2, 0.25) is 11.8 Å². The third-order valence-electron chi connectivity index (χ3n) is 4.46. The minimum absolute atomic E-state index is 0.0902. The Hall–Kier alpha value is -3.19. The lowest BCUT2D eigenvalue weighted by Crippen LogP contribution is -2.31. The lowest BCUT2D eigenvalue weighted by molar-refractivity contribution is -0.132. The van der Waals surface area contributed by atoms with Crippen molar-refractivity contribution in [2.45, 2.75) is 6.54 Å². The SMILES string of the molecule is CN(Cc1nnc(-c2ccccc2)o1)C(=O)COc1ccc2ccccc2c1Br. The van der Waals surface area contributed by atoms with Gasteiger partial charge in [-0.15, -0.1) is 10.2 Å². The summed E-state index contributed by atoms with van der Waals surface area (Å²) >= 11 is 3.56. The normalized spacial score (nSPS) is 10.8. The van der Waals surface area contributed by atoms with Crippen molar-refractivity contribution in [3.8, 4) is 17.2 Å². The molecule has 0 saturated heterocycles. The number of aromatic nitrogens is 2. The summed E-state index contributed by atoms with van der Waals surface area (Å²) in [6.07, 6.45) is 0. The lowest BCUT2D eigenvalue weighted by atomic mass is 10.1. The number of fused-ring (bicyclic) bond motifs is 1. The van der Waals surface area contributed by atoms with E-state index in [9.17, 15) is 4.79 Å². The van der Waals surface area contributed by atoms with Gasteiger partial charge in [0, 0.05) is 12.6 Å². The average Bonchev–Trinajstić information content (AvgIpc) is 3.22. The van der Waals surface area contributed by atoms with E-state index in [2.05, 4.69) is 26.1 Å². The van der Waals surface area contributed by atoms with Crippen LogP contribution in [0, 0.1) is 0 Å². The number of ether oxygens (including phenoxy) is 1. The number of rotatable bonds is 6. The van der Waals surface area contributed by atoms with Gasteiger partial charge in [0.15, 0.2) is 6.61 Å². The van der Waals surface area contributed by atoms with Crippen molar-refractivity contribution in [2.75, 3.05) is 13.7 Å². The first kappa shape index (κ1) is 19.1. The summed E-state index contributed by atoms with van der Waals surface area (Å²) in [6.45, 7) is 0.119. The summed E-state index contributed by atoms with van der Waals surface area (Å²) in [5.74, 6) is 1.23. The highest BCUT2D eigenvalue weighted by atomic mass is 79.9. The van der Waals surface area contributed by atoms with Gasteiger partial charge in [-0.3, -0.25) is 4.79 Å². The highest BCUT2D eigenvalue weighted by Gasteiger charge is 2.16. The fraction of sp³-hybridized carbons (Fsp3) is 0.136. The maximum atomic E-state index is 12.5. The quantitative estimate of drug-likeness (QED) is 0.425. The van der Waals surface area contributed by atoms with E-state index in [-0.39, 0.29) is 19.1 Å². The highest BCUT2D eigenvalue weighted by Crippen LogP contribution is 2.33. The van der Waals surface area contributed by atoms with Crippen LogP contribution in [0.4, 0.5) is 0 Å². The number of amides is 1. The Kier molecular flexibility index (Phi) is 5.57. The standard InChI is InChI=1S/C22H18BrN3O3/c1-26(13-19-24-25-22(29-19)16-8-3-2-4-9-16)20(27)14-28-18-12-11-15-7-5-6-10-17(15)21(18)23/h2-12H,13-14H2,1H3. The Morgan fingerprint density at radius 1 is 1.03 bits per heavy atom. The zero-order chi connectivity index (χ0) is 20.2. The third-order valence-corrected chi connectivity index (χ3v) is 5.28. The molecule has 0 spiro atoms.